The number of anilines is 1. The van der Waals surface area contributed by atoms with Crippen LogP contribution in [-0.4, -0.2) is 29.0 Å². The highest BCUT2D eigenvalue weighted by Gasteiger charge is 2.19. The Morgan fingerprint density at radius 1 is 1.28 bits per heavy atom. The van der Waals surface area contributed by atoms with E-state index < -0.39 is 4.92 Å². The lowest BCUT2D eigenvalue weighted by Gasteiger charge is -2.18. The molecule has 29 heavy (non-hydrogen) atoms. The van der Waals surface area contributed by atoms with E-state index in [4.69, 9.17) is 4.74 Å². The van der Waals surface area contributed by atoms with Crippen LogP contribution in [0.1, 0.15) is 5.56 Å². The zero-order valence-electron chi connectivity index (χ0n) is 15.8. The van der Waals surface area contributed by atoms with E-state index in [0.717, 1.165) is 11.1 Å². The normalized spacial score (nSPS) is 10.4. The Hall–Kier alpha value is -3.52. The number of hydrogen-bond acceptors (Lipinski definition) is 6. The van der Waals surface area contributed by atoms with Crippen molar-refractivity contribution in [3.63, 3.8) is 0 Å². The minimum atomic E-state index is -0.449. The fourth-order valence-corrected chi connectivity index (χ4v) is 3.49. The van der Waals surface area contributed by atoms with Gasteiger partial charge in [-0.15, -0.1) is 17.9 Å². The Bertz CT molecular complexity index is 1030. The van der Waals surface area contributed by atoms with Crippen molar-refractivity contribution < 1.29 is 14.5 Å². The van der Waals surface area contributed by atoms with Crippen molar-refractivity contribution in [3.05, 3.63) is 82.2 Å². The van der Waals surface area contributed by atoms with Crippen molar-refractivity contribution in [3.8, 4) is 17.0 Å². The van der Waals surface area contributed by atoms with Crippen molar-refractivity contribution in [1.82, 2.24) is 4.98 Å². The topological polar surface area (TPSA) is 85.6 Å². The van der Waals surface area contributed by atoms with E-state index in [-0.39, 0.29) is 18.2 Å². The molecule has 0 saturated heterocycles. The molecule has 7 nitrogen and oxygen atoms in total. The molecular formula is C21H19N3O4S. The monoisotopic (exact) mass is 409 g/mol. The van der Waals surface area contributed by atoms with Gasteiger partial charge in [0.25, 0.3) is 11.6 Å². The fourth-order valence-electron chi connectivity index (χ4n) is 2.63. The van der Waals surface area contributed by atoms with E-state index in [1.807, 2.05) is 36.6 Å². The molecule has 1 heterocycles. The molecule has 0 N–H and O–H groups in total. The maximum absolute atomic E-state index is 12.7. The molecule has 2 aromatic carbocycles. The number of hydrogen-bond donors (Lipinski definition) is 0. The molecule has 1 amide bonds. The van der Waals surface area contributed by atoms with Crippen molar-refractivity contribution in [2.45, 2.75) is 6.92 Å². The summed E-state index contributed by atoms with van der Waals surface area (Å²) in [7, 11) is 0. The number of nitrogens with zero attached hydrogens (tertiary/aromatic N) is 3. The van der Waals surface area contributed by atoms with Crippen LogP contribution in [0, 0.1) is 17.0 Å². The number of aryl methyl sites for hydroxylation is 1. The van der Waals surface area contributed by atoms with Gasteiger partial charge in [0.2, 0.25) is 0 Å². The third-order valence-corrected chi connectivity index (χ3v) is 5.02. The Morgan fingerprint density at radius 3 is 2.66 bits per heavy atom. The maximum Gasteiger partial charge on any atom is 0.269 e. The smallest absolute Gasteiger partial charge is 0.269 e. The average Bonchev–Trinajstić information content (AvgIpc) is 3.21. The number of para-hydroxylation sites is 1. The van der Waals surface area contributed by atoms with Gasteiger partial charge in [0.1, 0.15) is 5.75 Å². The first-order valence-electron chi connectivity index (χ1n) is 8.79. The lowest BCUT2D eigenvalue weighted by Crippen LogP contribution is -2.35. The van der Waals surface area contributed by atoms with E-state index in [1.165, 1.54) is 28.4 Å². The molecule has 0 aliphatic rings. The van der Waals surface area contributed by atoms with Gasteiger partial charge in [-0.3, -0.25) is 19.8 Å². The summed E-state index contributed by atoms with van der Waals surface area (Å²) in [6, 6.07) is 13.6. The number of rotatable bonds is 8. The molecule has 3 aromatic rings. The highest BCUT2D eigenvalue weighted by Crippen LogP contribution is 2.29. The van der Waals surface area contributed by atoms with Crippen molar-refractivity contribution in [1.29, 1.82) is 0 Å². The second-order valence-electron chi connectivity index (χ2n) is 6.17. The first-order valence-corrected chi connectivity index (χ1v) is 9.67. The quantitative estimate of drug-likeness (QED) is 0.308. The maximum atomic E-state index is 12.7. The standard InChI is InChI=1S/C21H19N3O4S/c1-3-12-23(20(25)13-28-19-7-5-4-6-15(19)2)21-22-18(14-29-21)16-8-10-17(11-9-16)24(26)27/h3-11,14H,1,12-13H2,2H3. The first kappa shape index (κ1) is 20.2. The van der Waals surface area contributed by atoms with Crippen LogP contribution < -0.4 is 9.64 Å². The second-order valence-corrected chi connectivity index (χ2v) is 7.00. The van der Waals surface area contributed by atoms with Crippen LogP contribution in [0.3, 0.4) is 0 Å². The second kappa shape index (κ2) is 9.11. The Kier molecular flexibility index (Phi) is 6.36. The molecule has 0 radical (unpaired) electrons. The van der Waals surface area contributed by atoms with Gasteiger partial charge < -0.3 is 4.74 Å². The summed E-state index contributed by atoms with van der Waals surface area (Å²) >= 11 is 1.31. The first-order chi connectivity index (χ1) is 14.0. The molecule has 0 fully saturated rings. The van der Waals surface area contributed by atoms with E-state index in [2.05, 4.69) is 11.6 Å². The molecule has 0 aliphatic carbocycles. The number of carbonyl (C=O) groups is 1. The number of non-ortho nitro benzene ring substituents is 1. The summed E-state index contributed by atoms with van der Waals surface area (Å²) in [6.45, 7) is 5.80. The molecular weight excluding hydrogens is 390 g/mol. The number of carbonyl (C=O) groups excluding carboxylic acids is 1. The Labute approximate surface area is 172 Å². The van der Waals surface area contributed by atoms with Crippen LogP contribution in [0.25, 0.3) is 11.3 Å². The number of aromatic nitrogens is 1. The van der Waals surface area contributed by atoms with Gasteiger partial charge in [0.15, 0.2) is 11.7 Å². The van der Waals surface area contributed by atoms with Crippen LogP contribution in [0.4, 0.5) is 10.8 Å². The Morgan fingerprint density at radius 2 is 2.00 bits per heavy atom. The molecule has 0 unspecified atom stereocenters. The van der Waals surface area contributed by atoms with Crippen molar-refractivity contribution in [2.24, 2.45) is 0 Å². The Balaban J connectivity index is 1.75. The van der Waals surface area contributed by atoms with Gasteiger partial charge in [-0.25, -0.2) is 4.98 Å². The van der Waals surface area contributed by atoms with Crippen LogP contribution in [0.5, 0.6) is 5.75 Å². The van der Waals surface area contributed by atoms with Gasteiger partial charge in [0, 0.05) is 29.6 Å². The van der Waals surface area contributed by atoms with Crippen LogP contribution in [0.2, 0.25) is 0 Å². The van der Waals surface area contributed by atoms with Gasteiger partial charge in [-0.2, -0.15) is 0 Å². The lowest BCUT2D eigenvalue weighted by atomic mass is 10.1. The minimum absolute atomic E-state index is 0.0148. The van der Waals surface area contributed by atoms with Crippen molar-refractivity contribution in [2.75, 3.05) is 18.1 Å². The molecule has 1 aromatic heterocycles. The molecule has 0 aliphatic heterocycles. The number of nitro groups is 1. The predicted octanol–water partition coefficient (Wildman–Crippen LogP) is 4.62. The number of nitro benzene ring substituents is 1. The van der Waals surface area contributed by atoms with Crippen LogP contribution >= 0.6 is 11.3 Å². The average molecular weight is 409 g/mol. The predicted molar refractivity (Wildman–Crippen MR) is 113 cm³/mol. The van der Waals surface area contributed by atoms with Gasteiger partial charge in [-0.05, 0) is 30.7 Å². The number of amides is 1. The molecule has 0 bridgehead atoms. The van der Waals surface area contributed by atoms with Gasteiger partial charge >= 0.3 is 0 Å². The molecule has 0 atom stereocenters. The molecule has 3 rings (SSSR count). The van der Waals surface area contributed by atoms with E-state index in [1.54, 1.807) is 18.2 Å². The zero-order valence-corrected chi connectivity index (χ0v) is 16.6. The zero-order chi connectivity index (χ0) is 20.8. The third-order valence-electron chi connectivity index (χ3n) is 4.15. The van der Waals surface area contributed by atoms with Gasteiger partial charge in [-0.1, -0.05) is 24.3 Å². The highest BCUT2D eigenvalue weighted by molar-refractivity contribution is 7.14. The molecule has 148 valence electrons. The summed E-state index contributed by atoms with van der Waals surface area (Å²) in [5.74, 6) is 0.419. The molecule has 8 heteroatoms. The molecule has 0 saturated carbocycles. The summed E-state index contributed by atoms with van der Waals surface area (Å²) < 4.78 is 5.66. The third kappa shape index (κ3) is 4.85. The number of thiazole rings is 1. The lowest BCUT2D eigenvalue weighted by molar-refractivity contribution is -0.384. The summed E-state index contributed by atoms with van der Waals surface area (Å²) in [5, 5.41) is 13.1. The van der Waals surface area contributed by atoms with Crippen LogP contribution in [-0.2, 0) is 4.79 Å². The van der Waals surface area contributed by atoms with Crippen LogP contribution in [0.15, 0.2) is 66.6 Å². The van der Waals surface area contributed by atoms with E-state index in [0.29, 0.717) is 23.1 Å². The fraction of sp³-hybridized carbons (Fsp3) is 0.143. The number of benzene rings is 2. The summed E-state index contributed by atoms with van der Waals surface area (Å²) in [5.41, 5.74) is 2.34. The van der Waals surface area contributed by atoms with E-state index in [9.17, 15) is 14.9 Å². The SMILES string of the molecule is C=CCN(C(=O)COc1ccccc1C)c1nc(-c2ccc([N+](=O)[O-])cc2)cs1. The van der Waals surface area contributed by atoms with Crippen molar-refractivity contribution >= 4 is 28.1 Å². The molecule has 0 spiro atoms. The minimum Gasteiger partial charge on any atom is -0.483 e. The summed E-state index contributed by atoms with van der Waals surface area (Å²) in [4.78, 5) is 29.1. The van der Waals surface area contributed by atoms with Gasteiger partial charge in [0.05, 0.1) is 10.6 Å². The van der Waals surface area contributed by atoms with E-state index >= 15 is 0 Å². The highest BCUT2D eigenvalue weighted by atomic mass is 32.1. The largest absolute Gasteiger partial charge is 0.483 e. The summed E-state index contributed by atoms with van der Waals surface area (Å²) in [6.07, 6.45) is 1.62. The number of ether oxygens (including phenoxy) is 1.